The van der Waals surface area contributed by atoms with Gasteiger partial charge in [0.1, 0.15) is 11.6 Å². The minimum Gasteiger partial charge on any atom is -0.379 e. The van der Waals surface area contributed by atoms with Crippen molar-refractivity contribution in [3.63, 3.8) is 0 Å². The minimum absolute atomic E-state index is 0.00443. The summed E-state index contributed by atoms with van der Waals surface area (Å²) in [6.07, 6.45) is 0.711. The molecular weight excluding hydrogens is 312 g/mol. The number of carbonyl (C=O) groups is 3. The van der Waals surface area contributed by atoms with Crippen LogP contribution in [0.15, 0.2) is 0 Å². The van der Waals surface area contributed by atoms with E-state index >= 15 is 0 Å². The average Bonchev–Trinajstić information content (AvgIpc) is 2.53. The molecule has 0 unspecified atom stereocenters. The molecule has 0 rings (SSSR count). The zero-order valence-electron chi connectivity index (χ0n) is 15.5. The van der Waals surface area contributed by atoms with Gasteiger partial charge in [0.2, 0.25) is 0 Å². The molecule has 7 heteroatoms. The van der Waals surface area contributed by atoms with E-state index in [1.807, 2.05) is 27.7 Å². The highest BCUT2D eigenvalue weighted by atomic mass is 16.5. The summed E-state index contributed by atoms with van der Waals surface area (Å²) in [5.41, 5.74) is 0. The first-order valence-corrected chi connectivity index (χ1v) is 8.47. The van der Waals surface area contributed by atoms with Gasteiger partial charge in [-0.05, 0) is 0 Å². The van der Waals surface area contributed by atoms with E-state index in [-0.39, 0.29) is 48.7 Å². The van der Waals surface area contributed by atoms with Gasteiger partial charge >= 0.3 is 6.03 Å². The smallest absolute Gasteiger partial charge is 0.314 e. The quantitative estimate of drug-likeness (QED) is 0.494. The Morgan fingerprint density at radius 2 is 1.25 bits per heavy atom. The van der Waals surface area contributed by atoms with Crippen LogP contribution in [0.1, 0.15) is 40.5 Å². The Hall–Kier alpha value is -1.47. The number of amides is 2. The molecule has 7 nitrogen and oxygen atoms in total. The molecule has 0 spiro atoms. The fourth-order valence-electron chi connectivity index (χ4n) is 1.76. The van der Waals surface area contributed by atoms with Crippen molar-refractivity contribution >= 4 is 17.6 Å². The minimum atomic E-state index is -0.340. The average molecular weight is 344 g/mol. The third-order valence-electron chi connectivity index (χ3n) is 3.47. The zero-order valence-corrected chi connectivity index (χ0v) is 15.5. The van der Waals surface area contributed by atoms with Crippen LogP contribution >= 0.6 is 0 Å². The first-order valence-electron chi connectivity index (χ1n) is 8.47. The third kappa shape index (κ3) is 11.1. The molecule has 0 aliphatic heterocycles. The van der Waals surface area contributed by atoms with Gasteiger partial charge in [0.15, 0.2) is 0 Å². The highest BCUT2D eigenvalue weighted by Gasteiger charge is 2.14. The summed E-state index contributed by atoms with van der Waals surface area (Å²) in [5.74, 6) is 0.286. The number of carbonyl (C=O) groups excluding carboxylic acids is 3. The maximum Gasteiger partial charge on any atom is 0.314 e. The molecule has 0 aromatic carbocycles. The Balaban J connectivity index is 4.12. The van der Waals surface area contributed by atoms with E-state index in [1.54, 1.807) is 0 Å². The lowest BCUT2D eigenvalue weighted by Crippen LogP contribution is -2.45. The fourth-order valence-corrected chi connectivity index (χ4v) is 1.76. The van der Waals surface area contributed by atoms with Crippen molar-refractivity contribution in [2.24, 2.45) is 11.8 Å². The van der Waals surface area contributed by atoms with Crippen LogP contribution in [0.5, 0.6) is 0 Å². The first kappa shape index (κ1) is 22.5. The molecule has 0 aromatic heterocycles. The van der Waals surface area contributed by atoms with Gasteiger partial charge in [-0.25, -0.2) is 4.79 Å². The van der Waals surface area contributed by atoms with Crippen LogP contribution in [0.25, 0.3) is 0 Å². The molecule has 140 valence electrons. The summed E-state index contributed by atoms with van der Waals surface area (Å²) in [4.78, 5) is 34.5. The van der Waals surface area contributed by atoms with Crippen LogP contribution < -0.4 is 10.6 Å². The van der Waals surface area contributed by atoms with Gasteiger partial charge in [-0.2, -0.15) is 0 Å². The predicted molar refractivity (Wildman–Crippen MR) is 91.9 cm³/mol. The second-order valence-electron chi connectivity index (χ2n) is 6.31. The Kier molecular flexibility index (Phi) is 12.1. The standard InChI is InChI=1S/C17H32N2O5/c1-12(2)15(20)6-8-23-10-14(19-17(22)18-5)11-24-9-7-16(21)13(3)4/h12-14H,6-11H2,1-5H3,(H2,18,19,22). The summed E-state index contributed by atoms with van der Waals surface area (Å²) in [6, 6.07) is -0.669. The number of rotatable bonds is 13. The molecule has 0 radical (unpaired) electrons. The topological polar surface area (TPSA) is 93.7 Å². The highest BCUT2D eigenvalue weighted by molar-refractivity contribution is 5.80. The van der Waals surface area contributed by atoms with Gasteiger partial charge in [-0.15, -0.1) is 0 Å². The molecule has 0 fully saturated rings. The molecule has 0 bridgehead atoms. The lowest BCUT2D eigenvalue weighted by atomic mass is 10.1. The molecule has 0 aromatic rings. The summed E-state index contributed by atoms with van der Waals surface area (Å²) in [6.45, 7) is 8.53. The molecule has 2 amide bonds. The van der Waals surface area contributed by atoms with Gasteiger partial charge in [0, 0.05) is 31.7 Å². The van der Waals surface area contributed by atoms with Gasteiger partial charge in [0.05, 0.1) is 32.5 Å². The van der Waals surface area contributed by atoms with Gasteiger partial charge in [-0.1, -0.05) is 27.7 Å². The van der Waals surface area contributed by atoms with Crippen molar-refractivity contribution < 1.29 is 23.9 Å². The normalized spacial score (nSPS) is 11.2. The fraction of sp³-hybridized carbons (Fsp3) is 0.824. The number of hydrogen-bond acceptors (Lipinski definition) is 5. The van der Waals surface area contributed by atoms with Crippen molar-refractivity contribution in [3.8, 4) is 0 Å². The number of nitrogens with one attached hydrogen (secondary N) is 2. The van der Waals surface area contributed by atoms with E-state index in [9.17, 15) is 14.4 Å². The Morgan fingerprint density at radius 1 is 0.833 bits per heavy atom. The lowest BCUT2D eigenvalue weighted by molar-refractivity contribution is -0.123. The van der Waals surface area contributed by atoms with Crippen LogP contribution in [0, 0.1) is 11.8 Å². The largest absolute Gasteiger partial charge is 0.379 e. The van der Waals surface area contributed by atoms with E-state index < -0.39 is 0 Å². The van der Waals surface area contributed by atoms with Gasteiger partial charge < -0.3 is 20.1 Å². The number of ketones is 2. The predicted octanol–water partition coefficient (Wildman–Crippen LogP) is 1.55. The first-order chi connectivity index (χ1) is 11.3. The maximum absolute atomic E-state index is 11.5. The van der Waals surface area contributed by atoms with E-state index in [4.69, 9.17) is 9.47 Å². The van der Waals surface area contributed by atoms with Crippen molar-refractivity contribution in [2.75, 3.05) is 33.5 Å². The van der Waals surface area contributed by atoms with E-state index in [0.29, 0.717) is 26.1 Å². The molecule has 0 saturated carbocycles. The number of ether oxygens (including phenoxy) is 2. The second kappa shape index (κ2) is 12.9. The summed E-state index contributed by atoms with van der Waals surface area (Å²) >= 11 is 0. The van der Waals surface area contributed by atoms with Crippen LogP contribution in [-0.4, -0.2) is 57.1 Å². The van der Waals surface area contributed by atoms with Crippen LogP contribution in [0.2, 0.25) is 0 Å². The summed E-state index contributed by atoms with van der Waals surface area (Å²) in [5, 5.41) is 5.19. The molecule has 0 aliphatic carbocycles. The SMILES string of the molecule is CNC(=O)NC(COCCC(=O)C(C)C)COCCC(=O)C(C)C. The molecule has 0 atom stereocenters. The number of urea groups is 1. The third-order valence-corrected chi connectivity index (χ3v) is 3.47. The Morgan fingerprint density at radius 3 is 1.58 bits per heavy atom. The van der Waals surface area contributed by atoms with Crippen molar-refractivity contribution in [2.45, 2.75) is 46.6 Å². The Labute approximate surface area is 144 Å². The molecule has 0 heterocycles. The van der Waals surface area contributed by atoms with Crippen molar-refractivity contribution in [3.05, 3.63) is 0 Å². The zero-order chi connectivity index (χ0) is 18.5. The molecule has 0 aliphatic rings. The second-order valence-corrected chi connectivity index (χ2v) is 6.31. The van der Waals surface area contributed by atoms with Gasteiger partial charge in [0.25, 0.3) is 0 Å². The van der Waals surface area contributed by atoms with Gasteiger partial charge in [-0.3, -0.25) is 9.59 Å². The summed E-state index contributed by atoms with van der Waals surface area (Å²) < 4.78 is 10.9. The monoisotopic (exact) mass is 344 g/mol. The number of hydrogen-bond donors (Lipinski definition) is 2. The highest BCUT2D eigenvalue weighted by Crippen LogP contribution is 2.01. The maximum atomic E-state index is 11.5. The van der Waals surface area contributed by atoms with E-state index in [2.05, 4.69) is 10.6 Å². The molecular formula is C17H32N2O5. The van der Waals surface area contributed by atoms with Crippen molar-refractivity contribution in [1.29, 1.82) is 0 Å². The van der Waals surface area contributed by atoms with Crippen LogP contribution in [0.4, 0.5) is 4.79 Å². The van der Waals surface area contributed by atoms with Crippen LogP contribution in [0.3, 0.4) is 0 Å². The molecule has 0 saturated heterocycles. The Bertz CT molecular complexity index is 368. The molecule has 2 N–H and O–H groups in total. The summed E-state index contributed by atoms with van der Waals surface area (Å²) in [7, 11) is 1.52. The lowest BCUT2D eigenvalue weighted by Gasteiger charge is -2.19. The van der Waals surface area contributed by atoms with Crippen molar-refractivity contribution in [1.82, 2.24) is 10.6 Å². The van der Waals surface area contributed by atoms with Crippen LogP contribution in [-0.2, 0) is 19.1 Å². The molecule has 24 heavy (non-hydrogen) atoms. The van der Waals surface area contributed by atoms with E-state index in [1.165, 1.54) is 7.05 Å². The number of Topliss-reactive ketones (excluding diaryl/α,β-unsaturated/α-hetero) is 2. The van der Waals surface area contributed by atoms with E-state index in [0.717, 1.165) is 0 Å².